The number of hydrogen-bond acceptors (Lipinski definition) is 4. The van der Waals surface area contributed by atoms with Gasteiger partial charge in [0.1, 0.15) is 5.00 Å². The van der Waals surface area contributed by atoms with E-state index in [9.17, 15) is 15.0 Å². The molecule has 2 aromatic carbocycles. The number of aliphatic hydroxyl groups excluding tert-OH is 1. The fraction of sp³-hybridized carbons (Fsp3) is 0.292. The van der Waals surface area contributed by atoms with Gasteiger partial charge in [0.05, 0.1) is 0 Å². The minimum absolute atomic E-state index is 0.221. The number of hydrogen-bond donors (Lipinski definition) is 3. The van der Waals surface area contributed by atoms with Crippen molar-refractivity contribution < 1.29 is 15.0 Å². The Bertz CT molecular complexity index is 1030. The summed E-state index contributed by atoms with van der Waals surface area (Å²) in [6, 6.07) is 17.5. The topological polar surface area (TPSA) is 69.6 Å². The van der Waals surface area contributed by atoms with Crippen LogP contribution in [0.4, 0.5) is 5.00 Å². The fourth-order valence-corrected chi connectivity index (χ4v) is 5.90. The largest absolute Gasteiger partial charge is 0.364 e. The predicted octanol–water partition coefficient (Wildman–Crippen LogP) is 4.74. The third kappa shape index (κ3) is 3.50. The van der Waals surface area contributed by atoms with Crippen LogP contribution in [0.3, 0.4) is 0 Å². The first kappa shape index (κ1) is 18.6. The highest BCUT2D eigenvalue weighted by molar-refractivity contribution is 7.16. The highest BCUT2D eigenvalue weighted by Crippen LogP contribution is 2.53. The standard InChI is InChI=1S/C24H23NO3S/c26-22(15-6-2-1-3-7-15)25-23-20(24(27)28)19(21(29-23)14-10-11-14)18-12-16-8-4-5-9-17(16)13-18/h1-9,14,18,24,27-28H,10-13H2,(H,25,26). The van der Waals surface area contributed by atoms with Crippen molar-refractivity contribution in [2.24, 2.45) is 0 Å². The maximum Gasteiger partial charge on any atom is 0.256 e. The van der Waals surface area contributed by atoms with Gasteiger partial charge < -0.3 is 15.5 Å². The number of rotatable bonds is 5. The van der Waals surface area contributed by atoms with Gasteiger partial charge in [0.25, 0.3) is 5.91 Å². The molecule has 0 saturated heterocycles. The minimum atomic E-state index is -1.61. The second-order valence-corrected chi connectivity index (χ2v) is 9.02. The Kier molecular flexibility index (Phi) is 4.74. The van der Waals surface area contributed by atoms with Crippen LogP contribution in [0.5, 0.6) is 0 Å². The molecule has 5 rings (SSSR count). The first-order valence-corrected chi connectivity index (χ1v) is 10.9. The summed E-state index contributed by atoms with van der Waals surface area (Å²) in [7, 11) is 0. The third-order valence-electron chi connectivity index (χ3n) is 5.94. The zero-order valence-electron chi connectivity index (χ0n) is 16.0. The van der Waals surface area contributed by atoms with E-state index in [-0.39, 0.29) is 11.8 Å². The van der Waals surface area contributed by atoms with Gasteiger partial charge in [0.2, 0.25) is 0 Å². The number of fused-ring (bicyclic) bond motifs is 1. The zero-order chi connectivity index (χ0) is 20.0. The molecular weight excluding hydrogens is 382 g/mol. The monoisotopic (exact) mass is 405 g/mol. The molecule has 0 radical (unpaired) electrons. The van der Waals surface area contributed by atoms with Gasteiger partial charge in [0.15, 0.2) is 6.29 Å². The van der Waals surface area contributed by atoms with Crippen LogP contribution in [0.1, 0.15) is 68.5 Å². The van der Waals surface area contributed by atoms with Gasteiger partial charge in [-0.3, -0.25) is 4.79 Å². The van der Waals surface area contributed by atoms with Crippen molar-refractivity contribution in [3.8, 4) is 0 Å². The molecule has 29 heavy (non-hydrogen) atoms. The van der Waals surface area contributed by atoms with E-state index in [4.69, 9.17) is 0 Å². The zero-order valence-corrected chi connectivity index (χ0v) is 16.8. The maximum absolute atomic E-state index is 12.7. The number of nitrogens with one attached hydrogen (secondary N) is 1. The Morgan fingerprint density at radius 1 is 0.931 bits per heavy atom. The van der Waals surface area contributed by atoms with Gasteiger partial charge in [-0.05, 0) is 66.3 Å². The molecule has 0 bridgehead atoms. The van der Waals surface area contributed by atoms with E-state index in [1.165, 1.54) is 27.3 Å². The van der Waals surface area contributed by atoms with Crippen LogP contribution in [0.25, 0.3) is 0 Å². The molecule has 1 amide bonds. The maximum atomic E-state index is 12.7. The molecule has 1 fully saturated rings. The van der Waals surface area contributed by atoms with Gasteiger partial charge in [-0.1, -0.05) is 42.5 Å². The van der Waals surface area contributed by atoms with Crippen LogP contribution < -0.4 is 5.32 Å². The first-order chi connectivity index (χ1) is 14.1. The summed E-state index contributed by atoms with van der Waals surface area (Å²) in [6.45, 7) is 0. The van der Waals surface area contributed by atoms with Crippen molar-refractivity contribution in [1.82, 2.24) is 0 Å². The molecule has 0 atom stereocenters. The van der Waals surface area contributed by atoms with E-state index >= 15 is 0 Å². The van der Waals surface area contributed by atoms with Crippen LogP contribution in [0, 0.1) is 0 Å². The summed E-state index contributed by atoms with van der Waals surface area (Å²) in [5.74, 6) is 0.467. The molecule has 1 heterocycles. The summed E-state index contributed by atoms with van der Waals surface area (Å²) in [4.78, 5) is 13.9. The molecule has 1 aromatic heterocycles. The third-order valence-corrected chi connectivity index (χ3v) is 7.24. The number of benzene rings is 2. The van der Waals surface area contributed by atoms with Crippen molar-refractivity contribution >= 4 is 22.2 Å². The van der Waals surface area contributed by atoms with Crippen molar-refractivity contribution in [1.29, 1.82) is 0 Å². The van der Waals surface area contributed by atoms with E-state index in [0.29, 0.717) is 22.0 Å². The first-order valence-electron chi connectivity index (χ1n) is 10.1. The van der Waals surface area contributed by atoms with Crippen molar-refractivity contribution in [2.45, 2.75) is 43.8 Å². The molecule has 5 heteroatoms. The molecular formula is C24H23NO3S. The second-order valence-electron chi connectivity index (χ2n) is 7.96. The number of anilines is 1. The summed E-state index contributed by atoms with van der Waals surface area (Å²) in [5.41, 5.74) is 4.76. The fourth-order valence-electron chi connectivity index (χ4n) is 4.42. The van der Waals surface area contributed by atoms with Gasteiger partial charge in [-0.25, -0.2) is 0 Å². The SMILES string of the molecule is O=C(Nc1sc(C2CC2)c(C2Cc3ccccc3C2)c1C(O)O)c1ccccc1. The number of aliphatic hydroxyl groups is 2. The van der Waals surface area contributed by atoms with Crippen LogP contribution in [-0.4, -0.2) is 16.1 Å². The Balaban J connectivity index is 1.53. The highest BCUT2D eigenvalue weighted by Gasteiger charge is 2.37. The molecule has 4 nitrogen and oxygen atoms in total. The van der Waals surface area contributed by atoms with E-state index in [2.05, 4.69) is 29.6 Å². The normalized spacial score (nSPS) is 16.2. The Morgan fingerprint density at radius 3 is 2.14 bits per heavy atom. The Morgan fingerprint density at radius 2 is 1.55 bits per heavy atom. The van der Waals surface area contributed by atoms with Crippen LogP contribution in [0.2, 0.25) is 0 Å². The van der Waals surface area contributed by atoms with Crippen molar-refractivity contribution in [3.05, 3.63) is 87.3 Å². The van der Waals surface area contributed by atoms with Gasteiger partial charge >= 0.3 is 0 Å². The number of carbonyl (C=O) groups is 1. The second kappa shape index (κ2) is 7.41. The average molecular weight is 406 g/mol. The Hall–Kier alpha value is -2.47. The summed E-state index contributed by atoms with van der Waals surface area (Å²) in [5, 5.41) is 24.1. The average Bonchev–Trinajstić information content (AvgIpc) is 3.37. The highest BCUT2D eigenvalue weighted by atomic mass is 32.1. The summed E-state index contributed by atoms with van der Waals surface area (Å²) < 4.78 is 0. The lowest BCUT2D eigenvalue weighted by Gasteiger charge is -2.16. The summed E-state index contributed by atoms with van der Waals surface area (Å²) in [6.07, 6.45) is 2.45. The Labute approximate surface area is 173 Å². The van der Waals surface area contributed by atoms with Crippen molar-refractivity contribution in [3.63, 3.8) is 0 Å². The van der Waals surface area contributed by atoms with E-state index < -0.39 is 6.29 Å². The van der Waals surface area contributed by atoms with Gasteiger partial charge in [-0.2, -0.15) is 0 Å². The van der Waals surface area contributed by atoms with Crippen LogP contribution in [0.15, 0.2) is 54.6 Å². The lowest BCUT2D eigenvalue weighted by molar-refractivity contribution is -0.0424. The molecule has 0 aliphatic heterocycles. The molecule has 0 unspecified atom stereocenters. The molecule has 148 valence electrons. The smallest absolute Gasteiger partial charge is 0.256 e. The van der Waals surface area contributed by atoms with E-state index in [1.54, 1.807) is 12.1 Å². The quantitative estimate of drug-likeness (QED) is 0.537. The molecule has 2 aliphatic carbocycles. The number of amides is 1. The van der Waals surface area contributed by atoms with E-state index in [0.717, 1.165) is 31.2 Å². The molecule has 3 aromatic rings. The number of thiophene rings is 1. The lowest BCUT2D eigenvalue weighted by atomic mass is 9.91. The van der Waals surface area contributed by atoms with Crippen LogP contribution >= 0.6 is 11.3 Å². The van der Waals surface area contributed by atoms with Crippen LogP contribution in [-0.2, 0) is 12.8 Å². The van der Waals surface area contributed by atoms with Gasteiger partial charge in [-0.15, -0.1) is 11.3 Å². The van der Waals surface area contributed by atoms with E-state index in [1.807, 2.05) is 18.2 Å². The molecule has 3 N–H and O–H groups in total. The predicted molar refractivity (Wildman–Crippen MR) is 114 cm³/mol. The number of carbonyl (C=O) groups excluding carboxylic acids is 1. The molecule has 0 spiro atoms. The summed E-state index contributed by atoms with van der Waals surface area (Å²) >= 11 is 1.52. The molecule has 2 aliphatic rings. The minimum Gasteiger partial charge on any atom is -0.364 e. The lowest BCUT2D eigenvalue weighted by Crippen LogP contribution is -2.14. The molecule has 1 saturated carbocycles. The van der Waals surface area contributed by atoms with Crippen molar-refractivity contribution in [2.75, 3.05) is 5.32 Å². The van der Waals surface area contributed by atoms with Gasteiger partial charge in [0, 0.05) is 16.0 Å².